The molecule has 1 aliphatic heterocycles. The summed E-state index contributed by atoms with van der Waals surface area (Å²) in [5, 5.41) is 4.34. The first kappa shape index (κ1) is 18.3. The number of rotatable bonds is 5. The molecule has 0 bridgehead atoms. The third-order valence-electron chi connectivity index (χ3n) is 6.13. The van der Waals surface area contributed by atoms with Gasteiger partial charge in [0.2, 0.25) is 0 Å². The lowest BCUT2D eigenvalue weighted by atomic mass is 10.0. The molecule has 1 N–H and O–H groups in total. The minimum absolute atomic E-state index is 0.0283. The highest BCUT2D eigenvalue weighted by Gasteiger charge is 2.41. The van der Waals surface area contributed by atoms with E-state index in [4.69, 9.17) is 12.2 Å². The Bertz CT molecular complexity index is 965. The van der Waals surface area contributed by atoms with Gasteiger partial charge in [-0.3, -0.25) is 9.97 Å². The largest absolute Gasteiger partial charge is 0.352 e. The molecule has 2 fully saturated rings. The maximum absolute atomic E-state index is 5.81. The average molecular weight is 404 g/mol. The van der Waals surface area contributed by atoms with Crippen molar-refractivity contribution < 1.29 is 0 Å². The van der Waals surface area contributed by atoms with E-state index >= 15 is 0 Å². The van der Waals surface area contributed by atoms with Crippen molar-refractivity contribution in [3.63, 3.8) is 0 Å². The predicted octanol–water partition coefficient (Wildman–Crippen LogP) is 4.57. The first-order valence-electron chi connectivity index (χ1n) is 10.3. The van der Waals surface area contributed by atoms with E-state index in [0.29, 0.717) is 6.04 Å². The zero-order chi connectivity index (χ0) is 19.6. The summed E-state index contributed by atoms with van der Waals surface area (Å²) in [6, 6.07) is 15.4. The van der Waals surface area contributed by atoms with E-state index in [-0.39, 0.29) is 12.1 Å². The maximum Gasteiger partial charge on any atom is 0.170 e. The van der Waals surface area contributed by atoms with Crippen LogP contribution in [0.25, 0.3) is 0 Å². The van der Waals surface area contributed by atoms with Crippen LogP contribution in [-0.2, 0) is 6.54 Å². The van der Waals surface area contributed by atoms with Gasteiger partial charge in [-0.15, -0.1) is 0 Å². The molecule has 0 aromatic carbocycles. The van der Waals surface area contributed by atoms with E-state index in [9.17, 15) is 0 Å². The highest BCUT2D eigenvalue weighted by atomic mass is 32.1. The molecule has 3 aromatic heterocycles. The topological polar surface area (TPSA) is 46.0 Å². The van der Waals surface area contributed by atoms with Crippen molar-refractivity contribution in [3.8, 4) is 0 Å². The van der Waals surface area contributed by atoms with E-state index in [0.717, 1.165) is 17.4 Å². The van der Waals surface area contributed by atoms with E-state index in [2.05, 4.69) is 61.3 Å². The van der Waals surface area contributed by atoms with Crippen LogP contribution >= 0.6 is 12.2 Å². The van der Waals surface area contributed by atoms with Crippen molar-refractivity contribution in [1.29, 1.82) is 0 Å². The summed E-state index contributed by atoms with van der Waals surface area (Å²) in [7, 11) is 0. The molecule has 6 heteroatoms. The van der Waals surface area contributed by atoms with Crippen LogP contribution in [0, 0.1) is 0 Å². The second-order valence-electron chi connectivity index (χ2n) is 7.89. The van der Waals surface area contributed by atoms with Gasteiger partial charge >= 0.3 is 0 Å². The first-order chi connectivity index (χ1) is 14.3. The maximum atomic E-state index is 5.81. The lowest BCUT2D eigenvalue weighted by molar-refractivity contribution is 0.290. The molecular formula is C23H25N5S. The van der Waals surface area contributed by atoms with Crippen molar-refractivity contribution >= 4 is 17.3 Å². The molecule has 5 rings (SSSR count). The van der Waals surface area contributed by atoms with Crippen molar-refractivity contribution in [3.05, 3.63) is 84.2 Å². The highest BCUT2D eigenvalue weighted by Crippen LogP contribution is 2.42. The molecule has 2 atom stereocenters. The van der Waals surface area contributed by atoms with Gasteiger partial charge in [0.1, 0.15) is 0 Å². The van der Waals surface area contributed by atoms with E-state index in [1.807, 2.05) is 30.7 Å². The molecule has 3 aromatic rings. The first-order valence-corrected chi connectivity index (χ1v) is 10.8. The summed E-state index contributed by atoms with van der Waals surface area (Å²) >= 11 is 5.81. The second-order valence-corrected chi connectivity index (χ2v) is 8.28. The Hall–Kier alpha value is -2.73. The Morgan fingerprint density at radius 2 is 1.83 bits per heavy atom. The fourth-order valence-corrected chi connectivity index (χ4v) is 5.06. The Balaban J connectivity index is 1.56. The van der Waals surface area contributed by atoms with Crippen LogP contribution in [0.3, 0.4) is 0 Å². The molecular weight excluding hydrogens is 378 g/mol. The molecule has 0 unspecified atom stereocenters. The minimum Gasteiger partial charge on any atom is -0.352 e. The van der Waals surface area contributed by atoms with Crippen LogP contribution in [0.1, 0.15) is 60.8 Å². The predicted molar refractivity (Wildman–Crippen MR) is 117 cm³/mol. The van der Waals surface area contributed by atoms with Crippen molar-refractivity contribution in [1.82, 2.24) is 24.8 Å². The number of thiocarbonyl (C=S) groups is 1. The molecule has 2 aliphatic rings. The third kappa shape index (κ3) is 3.53. The SMILES string of the molecule is S=C1N[C@@H](c2ccccn2)[C@@H](c2cccn2C2CCCC2)N1Cc1ccncc1. The number of pyridine rings is 2. The molecule has 1 saturated heterocycles. The van der Waals surface area contributed by atoms with Gasteiger partial charge < -0.3 is 14.8 Å². The zero-order valence-corrected chi connectivity index (χ0v) is 17.1. The number of hydrogen-bond donors (Lipinski definition) is 1. The summed E-state index contributed by atoms with van der Waals surface area (Å²) in [6.45, 7) is 0.748. The molecule has 29 heavy (non-hydrogen) atoms. The number of aromatic nitrogens is 3. The van der Waals surface area contributed by atoms with Crippen molar-refractivity contribution in [2.45, 2.75) is 50.4 Å². The van der Waals surface area contributed by atoms with Crippen molar-refractivity contribution in [2.75, 3.05) is 0 Å². The van der Waals surface area contributed by atoms with Crippen molar-refractivity contribution in [2.24, 2.45) is 0 Å². The van der Waals surface area contributed by atoms with E-state index in [1.165, 1.54) is 36.9 Å². The number of hydrogen-bond acceptors (Lipinski definition) is 3. The molecule has 4 heterocycles. The number of nitrogens with zero attached hydrogens (tertiary/aromatic N) is 4. The molecule has 1 aliphatic carbocycles. The van der Waals surface area contributed by atoms with Crippen LogP contribution in [-0.4, -0.2) is 24.5 Å². The van der Waals surface area contributed by atoms with Gasteiger partial charge in [0.15, 0.2) is 5.11 Å². The minimum atomic E-state index is 0.0283. The lowest BCUT2D eigenvalue weighted by Crippen LogP contribution is -2.30. The quantitative estimate of drug-likeness (QED) is 0.633. The molecule has 0 radical (unpaired) electrons. The molecule has 1 saturated carbocycles. The van der Waals surface area contributed by atoms with Gasteiger partial charge in [-0.2, -0.15) is 0 Å². The van der Waals surface area contributed by atoms with Crippen LogP contribution in [0.5, 0.6) is 0 Å². The summed E-state index contributed by atoms with van der Waals surface area (Å²) in [4.78, 5) is 11.1. The summed E-state index contributed by atoms with van der Waals surface area (Å²) in [5.74, 6) is 0. The Kier molecular flexibility index (Phi) is 5.02. The van der Waals surface area contributed by atoms with Gasteiger partial charge in [0.25, 0.3) is 0 Å². The fraction of sp³-hybridized carbons (Fsp3) is 0.348. The standard InChI is InChI=1S/C23H25N5S/c29-23-26-21(19-8-3-4-12-25-19)22(28(23)16-17-10-13-24-14-11-17)20-9-5-15-27(20)18-6-1-2-7-18/h3-5,8-15,18,21-22H,1-2,6-7,16H2,(H,26,29)/t21-,22+/m0/s1. The van der Waals surface area contributed by atoms with E-state index in [1.54, 1.807) is 0 Å². The smallest absolute Gasteiger partial charge is 0.170 e. The summed E-state index contributed by atoms with van der Waals surface area (Å²) in [6.07, 6.45) is 12.9. The van der Waals surface area contributed by atoms with Gasteiger partial charge in [-0.25, -0.2) is 0 Å². The summed E-state index contributed by atoms with van der Waals surface area (Å²) in [5.41, 5.74) is 3.54. The van der Waals surface area contributed by atoms with Gasteiger partial charge in [-0.05, 0) is 67.0 Å². The van der Waals surface area contributed by atoms with E-state index < -0.39 is 0 Å². The molecule has 148 valence electrons. The summed E-state index contributed by atoms with van der Waals surface area (Å²) < 4.78 is 2.49. The Labute approximate surface area is 176 Å². The van der Waals surface area contributed by atoms with Gasteiger partial charge in [0.05, 0.1) is 17.8 Å². The van der Waals surface area contributed by atoms with Gasteiger partial charge in [0, 0.05) is 43.1 Å². The third-order valence-corrected chi connectivity index (χ3v) is 6.49. The van der Waals surface area contributed by atoms with Crippen LogP contribution < -0.4 is 5.32 Å². The van der Waals surface area contributed by atoms with Crippen LogP contribution in [0.15, 0.2) is 67.3 Å². The average Bonchev–Trinajstić information content (AvgIpc) is 3.50. The second kappa shape index (κ2) is 7.95. The fourth-order valence-electron chi connectivity index (χ4n) is 4.76. The molecule has 0 amide bonds. The Morgan fingerprint density at radius 1 is 1.00 bits per heavy atom. The Morgan fingerprint density at radius 3 is 2.59 bits per heavy atom. The normalized spacial score (nSPS) is 22.2. The lowest BCUT2D eigenvalue weighted by Gasteiger charge is -2.30. The van der Waals surface area contributed by atoms with Crippen LogP contribution in [0.2, 0.25) is 0 Å². The number of nitrogens with one attached hydrogen (secondary N) is 1. The highest BCUT2D eigenvalue weighted by molar-refractivity contribution is 7.80. The molecule has 0 spiro atoms. The van der Waals surface area contributed by atoms with Gasteiger partial charge in [-0.1, -0.05) is 18.9 Å². The monoisotopic (exact) mass is 403 g/mol. The van der Waals surface area contributed by atoms with Crippen LogP contribution in [0.4, 0.5) is 0 Å². The zero-order valence-electron chi connectivity index (χ0n) is 16.3. The molecule has 5 nitrogen and oxygen atoms in total.